The molecule has 0 saturated carbocycles. The molecule has 24 heteroatoms. The first kappa shape index (κ1) is 46.7. The van der Waals surface area contributed by atoms with Gasteiger partial charge in [-0.15, -0.1) is 10.2 Å². The molecule has 6 rings (SSSR count). The van der Waals surface area contributed by atoms with Gasteiger partial charge in [-0.2, -0.15) is 0 Å². The molecule has 2 atom stereocenters. The zero-order valence-electron chi connectivity index (χ0n) is 32.8. The maximum absolute atomic E-state index is 12.3. The molecule has 0 aliphatic rings. The number of pyridine rings is 2. The van der Waals surface area contributed by atoms with Crippen LogP contribution >= 0.6 is 31.9 Å². The third kappa shape index (κ3) is 15.3. The summed E-state index contributed by atoms with van der Waals surface area (Å²) in [5.41, 5.74) is 3.29. The van der Waals surface area contributed by atoms with Crippen LogP contribution in [0, 0.1) is 0 Å². The van der Waals surface area contributed by atoms with Crippen LogP contribution < -0.4 is 20.1 Å². The Labute approximate surface area is 362 Å². The van der Waals surface area contributed by atoms with Gasteiger partial charge in [0.2, 0.25) is 20.0 Å². The number of benzene rings is 2. The number of nitrogens with zero attached hydrogens (tertiary/aromatic N) is 8. The summed E-state index contributed by atoms with van der Waals surface area (Å²) in [6, 6.07) is 25.2. The molecule has 6 aromatic rings. The van der Waals surface area contributed by atoms with Crippen LogP contribution in [-0.2, 0) is 43.6 Å². The van der Waals surface area contributed by atoms with Crippen LogP contribution in [0.1, 0.15) is 37.2 Å². The average Bonchev–Trinajstić information content (AvgIpc) is 3.71. The second-order valence-electron chi connectivity index (χ2n) is 12.5. The van der Waals surface area contributed by atoms with Gasteiger partial charge in [-0.1, -0.05) is 71.1 Å². The SMILES string of the molecule is CS(=O)(=O)Nc1ccc(Br)nc1.C[C@@H](OC(=O)Nc1c(-c2ccc(NS(C)(=O)=O)cn2)nnn1C)c1ccccc1.C[C@@H](OC(=O)Nc1c(Br)nnn1C)c1ccccc1. The van der Waals surface area contributed by atoms with Crippen LogP contribution in [0.25, 0.3) is 11.4 Å². The number of hydrogen-bond acceptors (Lipinski definition) is 14. The number of aryl methyl sites for hydroxylation is 2. The van der Waals surface area contributed by atoms with Crippen molar-refractivity contribution in [3.05, 3.63) is 118 Å². The maximum Gasteiger partial charge on any atom is 0.413 e. The summed E-state index contributed by atoms with van der Waals surface area (Å²) >= 11 is 6.33. The highest BCUT2D eigenvalue weighted by Crippen LogP contribution is 2.26. The topological polar surface area (TPSA) is 256 Å². The van der Waals surface area contributed by atoms with E-state index in [-0.39, 0.29) is 6.10 Å². The van der Waals surface area contributed by atoms with Crippen LogP contribution in [-0.4, -0.2) is 81.5 Å². The Bertz CT molecular complexity index is 2550. The van der Waals surface area contributed by atoms with E-state index in [1.807, 2.05) is 67.6 Å². The number of carbonyl (C=O) groups excluding carboxylic acids is 2. The molecule has 0 bridgehead atoms. The van der Waals surface area contributed by atoms with Crippen molar-refractivity contribution < 1.29 is 35.9 Å². The molecular weight excluding hydrogens is 952 g/mol. The van der Waals surface area contributed by atoms with Crippen LogP contribution in [0.2, 0.25) is 0 Å². The molecule has 2 amide bonds. The molecular formula is C36H40Br2N12O8S2. The number of nitrogens with one attached hydrogen (secondary N) is 4. The molecule has 4 aromatic heterocycles. The smallest absolute Gasteiger partial charge is 0.413 e. The molecule has 0 saturated heterocycles. The van der Waals surface area contributed by atoms with Gasteiger partial charge in [0.1, 0.15) is 16.8 Å². The van der Waals surface area contributed by atoms with Crippen molar-refractivity contribution in [3.63, 3.8) is 0 Å². The molecule has 4 heterocycles. The Morgan fingerprint density at radius 1 is 0.633 bits per heavy atom. The Morgan fingerprint density at radius 3 is 1.50 bits per heavy atom. The lowest BCUT2D eigenvalue weighted by molar-refractivity contribution is 0.120. The Morgan fingerprint density at radius 2 is 1.08 bits per heavy atom. The molecule has 0 radical (unpaired) electrons. The number of carbonyl (C=O) groups is 2. The van der Waals surface area contributed by atoms with Gasteiger partial charge in [0.15, 0.2) is 21.9 Å². The Balaban J connectivity index is 0.000000219. The van der Waals surface area contributed by atoms with Gasteiger partial charge >= 0.3 is 12.2 Å². The van der Waals surface area contributed by atoms with E-state index >= 15 is 0 Å². The number of halogens is 2. The Kier molecular flexibility index (Phi) is 16.6. The number of rotatable bonds is 11. The molecule has 20 nitrogen and oxygen atoms in total. The zero-order valence-corrected chi connectivity index (χ0v) is 37.6. The quantitative estimate of drug-likeness (QED) is 0.0991. The van der Waals surface area contributed by atoms with E-state index in [2.05, 4.69) is 82.5 Å². The standard InChI is InChI=1S/C18H20N6O4S.C12H13BrN4O2.C6H7BrN2O2S/c1-12(13-7-5-4-6-8-13)28-18(25)20-17-16(21-23-24(17)2)15-10-9-14(11-19-15)22-29(3,26)27;1-8(9-6-4-3-5-7-9)19-12(18)14-11-10(13)15-16-17(11)2;1-12(10,11)9-5-2-3-6(7)8-4-5/h4-12,22H,1-3H3,(H,20,25);3-8H,1-2H3,(H,14,18);2-4,9H,1H3/t12-;8-;/m11./s1. The van der Waals surface area contributed by atoms with Crippen molar-refractivity contribution >= 4 is 87.1 Å². The normalized spacial score (nSPS) is 11.9. The minimum atomic E-state index is -3.40. The van der Waals surface area contributed by atoms with Crippen molar-refractivity contribution in [2.75, 3.05) is 32.6 Å². The van der Waals surface area contributed by atoms with Crippen molar-refractivity contribution in [1.82, 2.24) is 40.0 Å². The lowest BCUT2D eigenvalue weighted by atomic mass is 10.1. The van der Waals surface area contributed by atoms with Gasteiger partial charge in [-0.05, 0) is 81.1 Å². The summed E-state index contributed by atoms with van der Waals surface area (Å²) in [5.74, 6) is 0.747. The Hall–Kier alpha value is -5.98. The molecule has 318 valence electrons. The number of anilines is 4. The first-order chi connectivity index (χ1) is 28.3. The van der Waals surface area contributed by atoms with Crippen LogP contribution in [0.4, 0.5) is 32.6 Å². The van der Waals surface area contributed by atoms with E-state index in [1.165, 1.54) is 27.8 Å². The molecule has 4 N–H and O–H groups in total. The highest BCUT2D eigenvalue weighted by molar-refractivity contribution is 9.10. The summed E-state index contributed by atoms with van der Waals surface area (Å²) in [7, 11) is -3.31. The van der Waals surface area contributed by atoms with Crippen LogP contribution in [0.15, 0.2) is 107 Å². The number of ether oxygens (including phenoxy) is 2. The van der Waals surface area contributed by atoms with E-state index in [0.29, 0.717) is 43.6 Å². The zero-order chi connectivity index (χ0) is 44.0. The fourth-order valence-electron chi connectivity index (χ4n) is 4.75. The predicted octanol–water partition coefficient (Wildman–Crippen LogP) is 6.66. The van der Waals surface area contributed by atoms with E-state index in [0.717, 1.165) is 23.6 Å². The van der Waals surface area contributed by atoms with Gasteiger partial charge in [-0.3, -0.25) is 25.1 Å². The third-order valence-electron chi connectivity index (χ3n) is 7.50. The van der Waals surface area contributed by atoms with E-state index in [1.54, 1.807) is 39.2 Å². The van der Waals surface area contributed by atoms with Gasteiger partial charge in [0.05, 0.1) is 42.0 Å². The fraction of sp³-hybridized carbons (Fsp3) is 0.222. The first-order valence-electron chi connectivity index (χ1n) is 17.3. The number of sulfonamides is 2. The minimum Gasteiger partial charge on any atom is -0.441 e. The minimum absolute atomic E-state index is 0.298. The summed E-state index contributed by atoms with van der Waals surface area (Å²) in [4.78, 5) is 32.2. The fourth-order valence-corrected chi connectivity index (χ4v) is 6.51. The average molecular weight is 993 g/mol. The third-order valence-corrected chi connectivity index (χ3v) is 9.72. The van der Waals surface area contributed by atoms with Gasteiger partial charge in [-0.25, -0.2) is 40.8 Å². The molecule has 0 aliphatic heterocycles. The van der Waals surface area contributed by atoms with Crippen LogP contribution in [0.3, 0.4) is 0 Å². The van der Waals surface area contributed by atoms with Crippen molar-refractivity contribution in [3.8, 4) is 11.4 Å². The van der Waals surface area contributed by atoms with Gasteiger partial charge in [0, 0.05) is 14.1 Å². The molecule has 0 aliphatic carbocycles. The largest absolute Gasteiger partial charge is 0.441 e. The maximum atomic E-state index is 12.3. The predicted molar refractivity (Wildman–Crippen MR) is 232 cm³/mol. The van der Waals surface area contributed by atoms with Crippen LogP contribution in [0.5, 0.6) is 0 Å². The summed E-state index contributed by atoms with van der Waals surface area (Å²) in [5, 5.41) is 20.7. The summed E-state index contributed by atoms with van der Waals surface area (Å²) in [6.45, 7) is 3.58. The van der Waals surface area contributed by atoms with Crippen molar-refractivity contribution in [2.45, 2.75) is 26.1 Å². The summed E-state index contributed by atoms with van der Waals surface area (Å²) < 4.78 is 63.3. The number of aromatic nitrogens is 8. The second-order valence-corrected chi connectivity index (χ2v) is 17.5. The lowest BCUT2D eigenvalue weighted by Crippen LogP contribution is -2.18. The van der Waals surface area contributed by atoms with Crippen molar-refractivity contribution in [2.24, 2.45) is 14.1 Å². The highest BCUT2D eigenvalue weighted by Gasteiger charge is 2.20. The molecule has 2 aromatic carbocycles. The first-order valence-corrected chi connectivity index (χ1v) is 22.7. The number of hydrogen-bond donors (Lipinski definition) is 4. The monoisotopic (exact) mass is 990 g/mol. The van der Waals surface area contributed by atoms with Gasteiger partial charge in [0.25, 0.3) is 0 Å². The molecule has 0 fully saturated rings. The molecule has 0 unspecified atom stereocenters. The van der Waals surface area contributed by atoms with Crippen molar-refractivity contribution in [1.29, 1.82) is 0 Å². The second kappa shape index (κ2) is 21.3. The van der Waals surface area contributed by atoms with E-state index in [4.69, 9.17) is 9.47 Å². The van der Waals surface area contributed by atoms with Gasteiger partial charge < -0.3 is 9.47 Å². The summed E-state index contributed by atoms with van der Waals surface area (Å²) in [6.07, 6.45) is 2.94. The van der Waals surface area contributed by atoms with E-state index < -0.39 is 38.3 Å². The molecule has 60 heavy (non-hydrogen) atoms. The lowest BCUT2D eigenvalue weighted by Gasteiger charge is -2.14. The number of amides is 2. The molecule has 0 spiro atoms. The van der Waals surface area contributed by atoms with E-state index in [9.17, 15) is 26.4 Å². The highest BCUT2D eigenvalue weighted by atomic mass is 79.9.